The van der Waals surface area contributed by atoms with Gasteiger partial charge in [0.1, 0.15) is 12.3 Å². The maximum atomic E-state index is 12.6. The van der Waals surface area contributed by atoms with Crippen molar-refractivity contribution in [2.45, 2.75) is 32.0 Å². The number of hydrogen-bond acceptors (Lipinski definition) is 6. The van der Waals surface area contributed by atoms with E-state index in [4.69, 9.17) is 14.0 Å². The van der Waals surface area contributed by atoms with Crippen molar-refractivity contribution in [1.29, 1.82) is 0 Å². The van der Waals surface area contributed by atoms with E-state index in [9.17, 15) is 4.79 Å². The van der Waals surface area contributed by atoms with Gasteiger partial charge in [-0.05, 0) is 25.0 Å². The second-order valence-electron chi connectivity index (χ2n) is 6.18. The fourth-order valence-corrected chi connectivity index (χ4v) is 2.99. The van der Waals surface area contributed by atoms with E-state index < -0.39 is 0 Å². The zero-order valence-electron chi connectivity index (χ0n) is 14.7. The van der Waals surface area contributed by atoms with E-state index in [0.29, 0.717) is 43.6 Å². The molecule has 0 bridgehead atoms. The Balaban J connectivity index is 1.46. The van der Waals surface area contributed by atoms with Crippen molar-refractivity contribution in [2.24, 2.45) is 7.05 Å². The molecule has 2 aromatic heterocycles. The molecule has 0 saturated carbocycles. The van der Waals surface area contributed by atoms with Gasteiger partial charge in [0.2, 0.25) is 0 Å². The van der Waals surface area contributed by atoms with Crippen LogP contribution < -0.4 is 0 Å². The van der Waals surface area contributed by atoms with Crippen LogP contribution in [-0.4, -0.2) is 58.4 Å². The summed E-state index contributed by atoms with van der Waals surface area (Å²) in [4.78, 5) is 18.7. The number of likely N-dealkylation sites (tertiary alicyclic amines) is 1. The molecule has 1 saturated heterocycles. The molecule has 1 aliphatic heterocycles. The Labute approximate surface area is 146 Å². The van der Waals surface area contributed by atoms with Crippen LogP contribution >= 0.6 is 0 Å². The van der Waals surface area contributed by atoms with Gasteiger partial charge in [-0.25, -0.2) is 0 Å². The van der Waals surface area contributed by atoms with Crippen LogP contribution in [0.15, 0.2) is 22.9 Å². The number of aromatic nitrogens is 3. The van der Waals surface area contributed by atoms with Crippen LogP contribution in [0.4, 0.5) is 0 Å². The Morgan fingerprint density at radius 2 is 2.36 bits per heavy atom. The third kappa shape index (κ3) is 4.46. The highest BCUT2D eigenvalue weighted by Crippen LogP contribution is 2.16. The number of carbonyl (C=O) groups is 1. The van der Waals surface area contributed by atoms with Crippen LogP contribution in [0.25, 0.3) is 0 Å². The summed E-state index contributed by atoms with van der Waals surface area (Å²) >= 11 is 0. The van der Waals surface area contributed by atoms with Crippen LogP contribution in [0.1, 0.15) is 35.0 Å². The molecule has 8 heteroatoms. The zero-order valence-corrected chi connectivity index (χ0v) is 14.7. The molecule has 8 nitrogen and oxygen atoms in total. The minimum atomic E-state index is 0.0447. The van der Waals surface area contributed by atoms with E-state index in [1.807, 2.05) is 34.8 Å². The van der Waals surface area contributed by atoms with Crippen molar-refractivity contribution < 1.29 is 18.8 Å². The van der Waals surface area contributed by atoms with E-state index in [2.05, 4.69) is 10.1 Å². The Hall–Kier alpha value is -2.19. The van der Waals surface area contributed by atoms with Crippen molar-refractivity contribution in [3.8, 4) is 0 Å². The summed E-state index contributed by atoms with van der Waals surface area (Å²) in [5, 5.41) is 3.89. The second-order valence-corrected chi connectivity index (χ2v) is 6.18. The average Bonchev–Trinajstić information content (AvgIpc) is 3.24. The number of hydrogen-bond donors (Lipinski definition) is 0. The van der Waals surface area contributed by atoms with E-state index in [1.54, 1.807) is 7.11 Å². The molecule has 0 radical (unpaired) electrons. The third-order valence-corrected chi connectivity index (χ3v) is 4.29. The van der Waals surface area contributed by atoms with Crippen LogP contribution in [0.2, 0.25) is 0 Å². The molecule has 1 unspecified atom stereocenters. The SMILES string of the molecule is COCc1nc(CCOC2CCCN(C(=O)c3cccn3C)C2)no1. The van der Waals surface area contributed by atoms with Gasteiger partial charge in [0.25, 0.3) is 11.8 Å². The van der Waals surface area contributed by atoms with E-state index >= 15 is 0 Å². The summed E-state index contributed by atoms with van der Waals surface area (Å²) in [6.07, 6.45) is 4.41. The van der Waals surface area contributed by atoms with E-state index in [0.717, 1.165) is 19.4 Å². The van der Waals surface area contributed by atoms with Gasteiger partial charge < -0.3 is 23.5 Å². The lowest BCUT2D eigenvalue weighted by molar-refractivity contribution is 0.00220. The molecule has 1 fully saturated rings. The molecule has 0 spiro atoms. The molecule has 3 rings (SSSR count). The van der Waals surface area contributed by atoms with Gasteiger partial charge in [-0.15, -0.1) is 0 Å². The molecule has 1 amide bonds. The van der Waals surface area contributed by atoms with Crippen molar-refractivity contribution in [3.63, 3.8) is 0 Å². The number of nitrogens with zero attached hydrogens (tertiary/aromatic N) is 4. The highest BCUT2D eigenvalue weighted by Gasteiger charge is 2.26. The van der Waals surface area contributed by atoms with Gasteiger partial charge in [0, 0.05) is 39.9 Å². The minimum absolute atomic E-state index is 0.0447. The summed E-state index contributed by atoms with van der Waals surface area (Å²) in [6, 6.07) is 3.73. The van der Waals surface area contributed by atoms with Gasteiger partial charge in [0.05, 0.1) is 12.7 Å². The van der Waals surface area contributed by atoms with Crippen molar-refractivity contribution in [2.75, 3.05) is 26.8 Å². The molecule has 0 N–H and O–H groups in total. The van der Waals surface area contributed by atoms with Crippen LogP contribution in [0.5, 0.6) is 0 Å². The number of carbonyl (C=O) groups excluding carboxylic acids is 1. The Kier molecular flexibility index (Phi) is 5.83. The van der Waals surface area contributed by atoms with Gasteiger partial charge >= 0.3 is 0 Å². The Morgan fingerprint density at radius 3 is 3.12 bits per heavy atom. The highest BCUT2D eigenvalue weighted by atomic mass is 16.5. The molecule has 0 aliphatic carbocycles. The number of methoxy groups -OCH3 is 1. The predicted octanol–water partition coefficient (Wildman–Crippen LogP) is 1.42. The first kappa shape index (κ1) is 17.6. The van der Waals surface area contributed by atoms with Crippen LogP contribution in [-0.2, 0) is 29.5 Å². The van der Waals surface area contributed by atoms with Gasteiger partial charge in [-0.3, -0.25) is 4.79 Å². The summed E-state index contributed by atoms with van der Waals surface area (Å²) in [5.74, 6) is 1.14. The van der Waals surface area contributed by atoms with Crippen molar-refractivity contribution in [1.82, 2.24) is 19.6 Å². The van der Waals surface area contributed by atoms with E-state index in [1.165, 1.54) is 0 Å². The number of piperidine rings is 1. The third-order valence-electron chi connectivity index (χ3n) is 4.29. The first-order chi connectivity index (χ1) is 12.2. The maximum absolute atomic E-state index is 12.6. The molecule has 2 aromatic rings. The van der Waals surface area contributed by atoms with Gasteiger partial charge in [-0.1, -0.05) is 5.16 Å². The number of aryl methyl sites for hydroxylation is 1. The first-order valence-electron chi connectivity index (χ1n) is 8.50. The summed E-state index contributed by atoms with van der Waals surface area (Å²) in [5.41, 5.74) is 0.707. The molecule has 25 heavy (non-hydrogen) atoms. The number of rotatable bonds is 7. The number of amides is 1. The maximum Gasteiger partial charge on any atom is 0.270 e. The monoisotopic (exact) mass is 348 g/mol. The Bertz CT molecular complexity index is 696. The van der Waals surface area contributed by atoms with Crippen molar-refractivity contribution >= 4 is 5.91 Å². The molecular weight excluding hydrogens is 324 g/mol. The number of ether oxygens (including phenoxy) is 2. The molecule has 1 atom stereocenters. The van der Waals surface area contributed by atoms with Crippen LogP contribution in [0.3, 0.4) is 0 Å². The largest absolute Gasteiger partial charge is 0.376 e. The van der Waals surface area contributed by atoms with Crippen LogP contribution in [0, 0.1) is 0 Å². The minimum Gasteiger partial charge on any atom is -0.376 e. The normalized spacial score (nSPS) is 17.8. The molecule has 3 heterocycles. The lowest BCUT2D eigenvalue weighted by Crippen LogP contribution is -2.43. The fraction of sp³-hybridized carbons (Fsp3) is 0.588. The highest BCUT2D eigenvalue weighted by molar-refractivity contribution is 5.92. The molecule has 1 aliphatic rings. The molecule has 136 valence electrons. The summed E-state index contributed by atoms with van der Waals surface area (Å²) in [6.45, 7) is 2.20. The molecule has 0 aromatic carbocycles. The predicted molar refractivity (Wildman–Crippen MR) is 89.0 cm³/mol. The topological polar surface area (TPSA) is 82.6 Å². The summed E-state index contributed by atoms with van der Waals surface area (Å²) in [7, 11) is 3.46. The van der Waals surface area contributed by atoms with Gasteiger partial charge in [0.15, 0.2) is 5.82 Å². The standard InChI is InChI=1S/C17H24N4O4/c1-20-8-4-6-14(20)17(22)21-9-3-5-13(11-21)24-10-7-15-18-16(12-23-2)25-19-15/h4,6,8,13H,3,5,7,9-12H2,1-2H3. The molecular formula is C17H24N4O4. The van der Waals surface area contributed by atoms with Gasteiger partial charge in [-0.2, -0.15) is 4.98 Å². The summed E-state index contributed by atoms with van der Waals surface area (Å²) < 4.78 is 17.8. The zero-order chi connectivity index (χ0) is 17.6. The smallest absolute Gasteiger partial charge is 0.270 e. The first-order valence-corrected chi connectivity index (χ1v) is 8.50. The fourth-order valence-electron chi connectivity index (χ4n) is 2.99. The second kappa shape index (κ2) is 8.26. The van der Waals surface area contributed by atoms with E-state index in [-0.39, 0.29) is 12.0 Å². The van der Waals surface area contributed by atoms with Crippen molar-refractivity contribution in [3.05, 3.63) is 35.7 Å². The lowest BCUT2D eigenvalue weighted by atomic mass is 10.1. The lowest BCUT2D eigenvalue weighted by Gasteiger charge is -2.32. The quantitative estimate of drug-likeness (QED) is 0.752. The Morgan fingerprint density at radius 1 is 1.48 bits per heavy atom. The average molecular weight is 348 g/mol.